The second-order valence-electron chi connectivity index (χ2n) is 6.39. The van der Waals surface area contributed by atoms with Crippen molar-refractivity contribution in [2.24, 2.45) is 0 Å². The van der Waals surface area contributed by atoms with E-state index in [1.807, 2.05) is 32.0 Å². The molecule has 0 radical (unpaired) electrons. The minimum Gasteiger partial charge on any atom is -0.466 e. The van der Waals surface area contributed by atoms with E-state index in [4.69, 9.17) is 9.47 Å². The van der Waals surface area contributed by atoms with Crippen molar-refractivity contribution < 1.29 is 19.1 Å². The van der Waals surface area contributed by atoms with Crippen molar-refractivity contribution in [3.8, 4) is 0 Å². The molecule has 0 aromatic heterocycles. The van der Waals surface area contributed by atoms with Crippen molar-refractivity contribution >= 4 is 11.9 Å². The number of carbonyl (C=O) groups is 2. The molecule has 5 nitrogen and oxygen atoms in total. The predicted molar refractivity (Wildman–Crippen MR) is 103 cm³/mol. The van der Waals surface area contributed by atoms with E-state index in [1.165, 1.54) is 5.56 Å². The maximum absolute atomic E-state index is 11.6. The molecule has 0 spiro atoms. The fourth-order valence-electron chi connectivity index (χ4n) is 2.96. The molecule has 0 saturated heterocycles. The van der Waals surface area contributed by atoms with Gasteiger partial charge in [0.05, 0.1) is 13.2 Å². The van der Waals surface area contributed by atoms with E-state index in [1.54, 1.807) is 0 Å². The third-order valence-corrected chi connectivity index (χ3v) is 4.26. The number of esters is 2. The van der Waals surface area contributed by atoms with Gasteiger partial charge in [-0.2, -0.15) is 0 Å². The Kier molecular flexibility index (Phi) is 11.4. The van der Waals surface area contributed by atoms with Gasteiger partial charge in [0.2, 0.25) is 0 Å². The summed E-state index contributed by atoms with van der Waals surface area (Å²) in [5, 5.41) is 0. The Bertz CT molecular complexity index is 494. The molecule has 0 aliphatic rings. The number of nitrogens with zero attached hydrogens (tertiary/aromatic N) is 1. The van der Waals surface area contributed by atoms with Gasteiger partial charge in [0.1, 0.15) is 0 Å². The summed E-state index contributed by atoms with van der Waals surface area (Å²) in [6.07, 6.45) is 3.33. The Balaban J connectivity index is 2.52. The highest BCUT2D eigenvalue weighted by Gasteiger charge is 2.16. The lowest BCUT2D eigenvalue weighted by Crippen LogP contribution is -2.36. The summed E-state index contributed by atoms with van der Waals surface area (Å²) >= 11 is 0. The van der Waals surface area contributed by atoms with Gasteiger partial charge in [0.15, 0.2) is 0 Å². The molecule has 1 aromatic rings. The first-order valence-electron chi connectivity index (χ1n) is 9.66. The maximum Gasteiger partial charge on any atom is 0.305 e. The Morgan fingerprint density at radius 3 is 1.88 bits per heavy atom. The van der Waals surface area contributed by atoms with Gasteiger partial charge in [-0.05, 0) is 58.7 Å². The molecule has 1 aromatic carbocycles. The van der Waals surface area contributed by atoms with E-state index in [2.05, 4.69) is 24.0 Å². The predicted octanol–water partition coefficient (Wildman–Crippen LogP) is 3.61. The van der Waals surface area contributed by atoms with Crippen molar-refractivity contribution in [1.82, 2.24) is 4.90 Å². The van der Waals surface area contributed by atoms with Crippen LogP contribution in [-0.2, 0) is 25.5 Å². The van der Waals surface area contributed by atoms with Crippen LogP contribution >= 0.6 is 0 Å². The molecule has 26 heavy (non-hydrogen) atoms. The molecule has 0 fully saturated rings. The van der Waals surface area contributed by atoms with Crippen LogP contribution < -0.4 is 0 Å². The number of ether oxygens (including phenoxy) is 2. The summed E-state index contributed by atoms with van der Waals surface area (Å²) in [5.74, 6) is -0.288. The summed E-state index contributed by atoms with van der Waals surface area (Å²) in [4.78, 5) is 25.5. The minimum atomic E-state index is -0.144. The van der Waals surface area contributed by atoms with Gasteiger partial charge >= 0.3 is 11.9 Å². The first kappa shape index (κ1) is 22.2. The molecule has 146 valence electrons. The Hall–Kier alpha value is -1.88. The van der Waals surface area contributed by atoms with Crippen molar-refractivity contribution in [3.63, 3.8) is 0 Å². The topological polar surface area (TPSA) is 55.8 Å². The molecule has 0 heterocycles. The van der Waals surface area contributed by atoms with Crippen LogP contribution in [0.4, 0.5) is 0 Å². The van der Waals surface area contributed by atoms with E-state index < -0.39 is 0 Å². The molecule has 0 unspecified atom stereocenters. The van der Waals surface area contributed by atoms with Crippen molar-refractivity contribution in [1.29, 1.82) is 0 Å². The summed E-state index contributed by atoms with van der Waals surface area (Å²) in [6.45, 7) is 8.31. The monoisotopic (exact) mass is 363 g/mol. The zero-order valence-electron chi connectivity index (χ0n) is 16.4. The van der Waals surface area contributed by atoms with Gasteiger partial charge in [-0.1, -0.05) is 30.3 Å². The second-order valence-corrected chi connectivity index (χ2v) is 6.39. The van der Waals surface area contributed by atoms with E-state index >= 15 is 0 Å². The first-order chi connectivity index (χ1) is 12.6. The molecule has 1 atom stereocenters. The van der Waals surface area contributed by atoms with Gasteiger partial charge in [-0.25, -0.2) is 0 Å². The zero-order chi connectivity index (χ0) is 19.2. The number of rotatable bonds is 13. The van der Waals surface area contributed by atoms with Gasteiger partial charge in [-0.15, -0.1) is 0 Å². The number of hydrogen-bond donors (Lipinski definition) is 0. The smallest absolute Gasteiger partial charge is 0.305 e. The Labute approximate surface area is 157 Å². The van der Waals surface area contributed by atoms with Crippen LogP contribution in [-0.4, -0.2) is 49.2 Å². The molecule has 5 heteroatoms. The Morgan fingerprint density at radius 1 is 0.923 bits per heavy atom. The van der Waals surface area contributed by atoms with Crippen LogP contribution in [0.2, 0.25) is 0 Å². The fourth-order valence-corrected chi connectivity index (χ4v) is 2.96. The Morgan fingerprint density at radius 2 is 1.42 bits per heavy atom. The standard InChI is InChI=1S/C21H33NO4/c1-4-25-20(23)13-9-15-22(16-10-14-21(24)26-5-2)18(3)17-19-11-7-6-8-12-19/h6-8,11-12,18H,4-5,9-10,13-17H2,1-3H3/t18-/m1/s1. The molecule has 0 aliphatic heterocycles. The summed E-state index contributed by atoms with van der Waals surface area (Å²) in [6, 6.07) is 10.7. The van der Waals surface area contributed by atoms with Gasteiger partial charge in [-0.3, -0.25) is 9.59 Å². The van der Waals surface area contributed by atoms with Crippen LogP contribution in [0.15, 0.2) is 30.3 Å². The largest absolute Gasteiger partial charge is 0.466 e. The molecule has 1 rings (SSSR count). The molecule has 0 bridgehead atoms. The van der Waals surface area contributed by atoms with Crippen molar-refractivity contribution in [2.75, 3.05) is 26.3 Å². The lowest BCUT2D eigenvalue weighted by atomic mass is 10.1. The third kappa shape index (κ3) is 9.56. The highest BCUT2D eigenvalue weighted by atomic mass is 16.5. The normalized spacial score (nSPS) is 12.0. The number of benzene rings is 1. The van der Waals surface area contributed by atoms with Gasteiger partial charge in [0, 0.05) is 18.9 Å². The maximum atomic E-state index is 11.6. The lowest BCUT2D eigenvalue weighted by Gasteiger charge is -2.29. The van der Waals surface area contributed by atoms with E-state index in [0.717, 1.165) is 32.4 Å². The van der Waals surface area contributed by atoms with Crippen LogP contribution in [0.3, 0.4) is 0 Å². The van der Waals surface area contributed by atoms with E-state index in [-0.39, 0.29) is 11.9 Å². The van der Waals surface area contributed by atoms with E-state index in [0.29, 0.717) is 32.1 Å². The summed E-state index contributed by atoms with van der Waals surface area (Å²) < 4.78 is 10.0. The molecule has 0 saturated carbocycles. The van der Waals surface area contributed by atoms with Crippen molar-refractivity contribution in [2.45, 2.75) is 58.9 Å². The minimum absolute atomic E-state index is 0.144. The molecule has 0 amide bonds. The van der Waals surface area contributed by atoms with Gasteiger partial charge in [0.25, 0.3) is 0 Å². The van der Waals surface area contributed by atoms with Gasteiger partial charge < -0.3 is 14.4 Å². The quantitative estimate of drug-likeness (QED) is 0.501. The summed E-state index contributed by atoms with van der Waals surface area (Å²) in [7, 11) is 0. The number of hydrogen-bond acceptors (Lipinski definition) is 5. The highest BCUT2D eigenvalue weighted by molar-refractivity contribution is 5.69. The highest BCUT2D eigenvalue weighted by Crippen LogP contribution is 2.12. The second kappa shape index (κ2) is 13.3. The fraction of sp³-hybridized carbons (Fsp3) is 0.619. The molecule has 0 N–H and O–H groups in total. The first-order valence-corrected chi connectivity index (χ1v) is 9.66. The molecular formula is C21H33NO4. The van der Waals surface area contributed by atoms with Crippen LogP contribution in [0, 0.1) is 0 Å². The third-order valence-electron chi connectivity index (χ3n) is 4.26. The van der Waals surface area contributed by atoms with Crippen LogP contribution in [0.25, 0.3) is 0 Å². The number of carbonyl (C=O) groups excluding carboxylic acids is 2. The SMILES string of the molecule is CCOC(=O)CCCN(CCCC(=O)OCC)[C@H](C)Cc1ccccc1. The van der Waals surface area contributed by atoms with Crippen LogP contribution in [0.5, 0.6) is 0 Å². The average molecular weight is 363 g/mol. The molecular weight excluding hydrogens is 330 g/mol. The van der Waals surface area contributed by atoms with Crippen LogP contribution in [0.1, 0.15) is 52.0 Å². The summed E-state index contributed by atoms with van der Waals surface area (Å²) in [5.41, 5.74) is 1.29. The molecule has 0 aliphatic carbocycles. The zero-order valence-corrected chi connectivity index (χ0v) is 16.4. The average Bonchev–Trinajstić information content (AvgIpc) is 2.61. The van der Waals surface area contributed by atoms with Crippen molar-refractivity contribution in [3.05, 3.63) is 35.9 Å². The van der Waals surface area contributed by atoms with E-state index in [9.17, 15) is 9.59 Å². The lowest BCUT2D eigenvalue weighted by molar-refractivity contribution is -0.144.